The monoisotopic (exact) mass is 1450 g/mol. The molecule has 0 unspecified atom stereocenters. The minimum Gasteiger partial charge on any atom is -0.475 e. The number of unbranched alkanes of at least 4 members (excludes halogenated alkanes) is 4. The number of hydrogen-bond acceptors (Lipinski definition) is 17. The van der Waals surface area contributed by atoms with E-state index in [1.807, 2.05) is 0 Å². The van der Waals surface area contributed by atoms with E-state index in [0.29, 0.717) is 76.7 Å². The molecule has 1 rings (SSSR count). The fourth-order valence-corrected chi connectivity index (χ4v) is 6.82. The van der Waals surface area contributed by atoms with Gasteiger partial charge < -0.3 is 102 Å². The molecule has 0 aromatic carbocycles. The number of aliphatic imine (C=N–C) groups is 2. The van der Waals surface area contributed by atoms with Gasteiger partial charge in [-0.15, -0.1) is 0 Å². The Labute approximate surface area is 541 Å². The third kappa shape index (κ3) is 50.8. The van der Waals surface area contributed by atoms with Gasteiger partial charge in [0.25, 0.3) is 0 Å². The predicted octanol–water partition coefficient (Wildman–Crippen LogP) is -0.0579. The molecule has 0 bridgehead atoms. The zero-order valence-electron chi connectivity index (χ0n) is 51.6. The Balaban J connectivity index is -0.000000645. The molecule has 48 heteroatoms. The van der Waals surface area contributed by atoms with Crippen LogP contribution in [0.1, 0.15) is 96.1 Å². The molecule has 0 fully saturated rings. The predicted molar refractivity (Wildman–Crippen MR) is 307 cm³/mol. The van der Waals surface area contributed by atoms with Crippen molar-refractivity contribution in [3.8, 4) is 0 Å². The number of rotatable bonds is 35. The first kappa shape index (κ1) is 96.4. The average molecular weight is 1450 g/mol. The second-order valence-electron chi connectivity index (χ2n) is 18.8. The van der Waals surface area contributed by atoms with E-state index in [0.717, 1.165) is 0 Å². The van der Waals surface area contributed by atoms with Crippen LogP contribution in [0.5, 0.6) is 0 Å². The number of aromatic amines is 1. The molecular weight excluding hydrogens is 1370 g/mol. The molecule has 6 amide bonds. The summed E-state index contributed by atoms with van der Waals surface area (Å²) in [5.41, 5.74) is 45.3. The number of nitrogens with two attached hydrogens (primary N) is 8. The van der Waals surface area contributed by atoms with Gasteiger partial charge in [0.2, 0.25) is 35.4 Å². The summed E-state index contributed by atoms with van der Waals surface area (Å²) in [5, 5.41) is 41.4. The van der Waals surface area contributed by atoms with Crippen molar-refractivity contribution in [3.63, 3.8) is 0 Å². The van der Waals surface area contributed by atoms with Gasteiger partial charge in [-0.1, -0.05) is 13.3 Å². The Bertz CT molecular complexity index is 2450. The zero-order valence-corrected chi connectivity index (χ0v) is 51.6. The number of carboxylic acids is 5. The molecule has 0 saturated carbocycles. The molecule has 0 aliphatic carbocycles. The van der Waals surface area contributed by atoms with Gasteiger partial charge in [-0.25, -0.2) is 29.0 Å². The van der Waals surface area contributed by atoms with Crippen molar-refractivity contribution in [2.75, 3.05) is 65.4 Å². The number of carbonyl (C=O) groups is 11. The first-order chi connectivity index (χ1) is 44.4. The van der Waals surface area contributed by atoms with Gasteiger partial charge in [0.1, 0.15) is 18.1 Å². The minimum atomic E-state index is -5.08. The molecule has 24 N–H and O–H groups in total. The second kappa shape index (κ2) is 50.2. The smallest absolute Gasteiger partial charge is 0.475 e. The summed E-state index contributed by atoms with van der Waals surface area (Å²) < 4.78 is 159. The van der Waals surface area contributed by atoms with Crippen LogP contribution in [0.25, 0.3) is 0 Å². The Hall–Kier alpha value is -9.25. The van der Waals surface area contributed by atoms with Gasteiger partial charge in [-0.3, -0.25) is 38.8 Å². The Morgan fingerprint density at radius 3 is 1.14 bits per heavy atom. The normalized spacial score (nSPS) is 11.9. The van der Waals surface area contributed by atoms with E-state index in [2.05, 4.69) is 30.6 Å². The van der Waals surface area contributed by atoms with Gasteiger partial charge in [0, 0.05) is 89.9 Å². The van der Waals surface area contributed by atoms with Crippen molar-refractivity contribution in [3.05, 3.63) is 18.2 Å². The molecule has 0 radical (unpaired) electrons. The topological polar surface area (TPSA) is 584 Å². The highest BCUT2D eigenvalue weighted by Gasteiger charge is 2.41. The lowest BCUT2D eigenvalue weighted by Crippen LogP contribution is -2.56. The fraction of sp³-hybridized carbons (Fsp3) is 0.673. The first-order valence-electron chi connectivity index (χ1n) is 27.9. The van der Waals surface area contributed by atoms with Crippen molar-refractivity contribution >= 4 is 77.2 Å². The Morgan fingerprint density at radius 2 is 0.814 bits per heavy atom. The number of halogens is 15. The number of aromatic nitrogens is 2. The number of aliphatic carboxylic acids is 5. The van der Waals surface area contributed by atoms with Crippen LogP contribution in [0.2, 0.25) is 0 Å². The van der Waals surface area contributed by atoms with Gasteiger partial charge in [0.15, 0.2) is 11.9 Å². The van der Waals surface area contributed by atoms with Crippen LogP contribution in [0, 0.1) is 0 Å². The Kier molecular flexibility index (Phi) is 49.9. The van der Waals surface area contributed by atoms with Crippen LogP contribution in [0.4, 0.5) is 65.9 Å². The highest BCUT2D eigenvalue weighted by Crippen LogP contribution is 2.19. The maximum Gasteiger partial charge on any atom is 0.490 e. The van der Waals surface area contributed by atoms with E-state index in [9.17, 15) is 94.6 Å². The molecule has 1 heterocycles. The minimum absolute atomic E-state index is 0.0401. The molecule has 0 saturated heterocycles. The summed E-state index contributed by atoms with van der Waals surface area (Å²) in [6.07, 6.45) is -17.0. The summed E-state index contributed by atoms with van der Waals surface area (Å²) in [7, 11) is 0. The van der Waals surface area contributed by atoms with Crippen molar-refractivity contribution < 1.29 is 144 Å². The van der Waals surface area contributed by atoms with Crippen LogP contribution < -0.4 is 56.5 Å². The number of guanidine groups is 2. The molecule has 562 valence electrons. The number of alkyl halides is 15. The number of amides is 6. The summed E-state index contributed by atoms with van der Waals surface area (Å²) in [4.78, 5) is 145. The molecule has 0 aliphatic heterocycles. The van der Waals surface area contributed by atoms with Crippen LogP contribution in [0.3, 0.4) is 0 Å². The van der Waals surface area contributed by atoms with Gasteiger partial charge in [0.05, 0.1) is 6.33 Å². The van der Waals surface area contributed by atoms with Crippen molar-refractivity contribution in [2.24, 2.45) is 55.9 Å². The lowest BCUT2D eigenvalue weighted by atomic mass is 10.1. The Morgan fingerprint density at radius 1 is 0.474 bits per heavy atom. The van der Waals surface area contributed by atoms with E-state index < -0.39 is 96.6 Å². The van der Waals surface area contributed by atoms with Crippen LogP contribution >= 0.6 is 0 Å². The number of carbonyl (C=O) groups excluding carboxylic acids is 6. The van der Waals surface area contributed by atoms with Gasteiger partial charge in [-0.05, 0) is 70.9 Å². The summed E-state index contributed by atoms with van der Waals surface area (Å²) in [6, 6.07) is -2.92. The summed E-state index contributed by atoms with van der Waals surface area (Å²) in [6.45, 7) is 3.15. The average Bonchev–Trinajstić information content (AvgIpc) is 1.68. The molecular formula is C49H80F15N17O16. The molecule has 3 atom stereocenters. The summed E-state index contributed by atoms with van der Waals surface area (Å²) in [5.74, 6) is -16.6. The SMILES string of the molecule is CCC(=O)N(CCN)[C@@H](CCCN=C(N)N)C(=O)NCCN(C(=O)CCCCCN)[C@@H](Cc1cnc[nH]1)C(=O)NCCN(C(=O)CCCCN=C(N)N)[C@@H](CCCCN)C(N)=O.O=C(O)C(F)(F)F.O=C(O)C(F)(F)F.O=C(O)C(F)(F)F.O=C(O)C(F)(F)F.O=C(O)C(F)(F)F. The lowest BCUT2D eigenvalue weighted by Gasteiger charge is -2.33. The van der Waals surface area contributed by atoms with E-state index in [4.69, 9.17) is 95.4 Å². The molecule has 0 spiro atoms. The van der Waals surface area contributed by atoms with Crippen molar-refractivity contribution in [1.29, 1.82) is 0 Å². The van der Waals surface area contributed by atoms with Crippen molar-refractivity contribution in [1.82, 2.24) is 35.3 Å². The number of carboxylic acid groups (broad SMARTS) is 5. The third-order valence-electron chi connectivity index (χ3n) is 11.2. The number of primary amides is 1. The third-order valence-corrected chi connectivity index (χ3v) is 11.2. The largest absolute Gasteiger partial charge is 0.490 e. The number of hydrogen-bond donors (Lipinski definition) is 16. The standard InChI is InChI=1S/C39H75N17O6.5C2HF3O2/c1-2-32(57)54(22-17-42)30(12-10-19-52-39(46)47)36(61)49-21-24-56(34(59)13-4-3-7-15-40)31(25-28-26-48-27-53-28)37(62)50-20-23-55(29(35(43)60)11-5-8-16-41)33(58)14-6-9-18-51-38(44)45;5*3-2(4,5)1(6)7/h26-27,29-31H,2-25,40-42H2,1H3,(H2,43,60)(H,48,53)(H,49,61)(H,50,62)(H4,44,45,51)(H4,46,47,52);5*(H,6,7)/t29-,30-,31-;;;;;/m0...../s1. The highest BCUT2D eigenvalue weighted by atomic mass is 19.4. The molecule has 33 nitrogen and oxygen atoms in total. The van der Waals surface area contributed by atoms with Crippen LogP contribution in [0.15, 0.2) is 22.5 Å². The number of nitrogens with one attached hydrogen (secondary N) is 3. The van der Waals surface area contributed by atoms with Crippen LogP contribution in [-0.4, -0.2) is 242 Å². The first-order valence-corrected chi connectivity index (χ1v) is 27.9. The maximum absolute atomic E-state index is 14.3. The number of nitrogens with zero attached hydrogens (tertiary/aromatic N) is 6. The number of imidazole rings is 1. The van der Waals surface area contributed by atoms with E-state index in [-0.39, 0.29) is 114 Å². The van der Waals surface area contributed by atoms with E-state index >= 15 is 0 Å². The summed E-state index contributed by atoms with van der Waals surface area (Å²) >= 11 is 0. The maximum atomic E-state index is 14.3. The van der Waals surface area contributed by atoms with E-state index in [1.165, 1.54) is 21.0 Å². The number of H-pyrrole nitrogens is 1. The zero-order chi connectivity index (χ0) is 76.7. The second-order valence-corrected chi connectivity index (χ2v) is 18.8. The lowest BCUT2D eigenvalue weighted by molar-refractivity contribution is -0.193. The quantitative estimate of drug-likeness (QED) is 0.0183. The van der Waals surface area contributed by atoms with Gasteiger partial charge in [-0.2, -0.15) is 65.9 Å². The molecule has 1 aromatic heterocycles. The van der Waals surface area contributed by atoms with E-state index in [1.54, 1.807) is 13.1 Å². The fourth-order valence-electron chi connectivity index (χ4n) is 6.82. The van der Waals surface area contributed by atoms with Crippen LogP contribution in [-0.2, 0) is 59.2 Å². The molecule has 1 aromatic rings. The van der Waals surface area contributed by atoms with Gasteiger partial charge >= 0.3 is 60.7 Å². The van der Waals surface area contributed by atoms with Crippen molar-refractivity contribution in [2.45, 2.75) is 146 Å². The highest BCUT2D eigenvalue weighted by molar-refractivity contribution is 5.90. The molecule has 0 aliphatic rings. The molecule has 97 heavy (non-hydrogen) atoms.